The zero-order valence-corrected chi connectivity index (χ0v) is 11.1. The highest BCUT2D eigenvalue weighted by molar-refractivity contribution is 5.44. The van der Waals surface area contributed by atoms with Crippen LogP contribution in [0.5, 0.6) is 0 Å². The molecule has 6 heteroatoms. The Bertz CT molecular complexity index is 390. The van der Waals surface area contributed by atoms with E-state index in [0.29, 0.717) is 12.6 Å². The van der Waals surface area contributed by atoms with Crippen LogP contribution in [0.4, 0.5) is 11.8 Å². The lowest BCUT2D eigenvalue weighted by atomic mass is 10.2. The molecule has 100 valence electrons. The molecule has 2 rings (SSSR count). The Morgan fingerprint density at radius 3 is 2.83 bits per heavy atom. The lowest BCUT2D eigenvalue weighted by molar-refractivity contribution is 0.471. The number of rotatable bonds is 6. The van der Waals surface area contributed by atoms with Crippen LogP contribution in [0.25, 0.3) is 0 Å². The number of nitrogens with two attached hydrogens (primary N) is 1. The first-order valence-electron chi connectivity index (χ1n) is 6.49. The second-order valence-electron chi connectivity index (χ2n) is 4.61. The van der Waals surface area contributed by atoms with Crippen molar-refractivity contribution in [2.24, 2.45) is 5.73 Å². The molecule has 0 radical (unpaired) electrons. The fourth-order valence-electron chi connectivity index (χ4n) is 1.80. The van der Waals surface area contributed by atoms with E-state index in [2.05, 4.69) is 27.5 Å². The summed E-state index contributed by atoms with van der Waals surface area (Å²) in [5.74, 6) is 1.65. The van der Waals surface area contributed by atoms with Crippen LogP contribution in [-0.2, 0) is 6.42 Å². The molecule has 0 unspecified atom stereocenters. The number of hydrogen-bond acceptors (Lipinski definition) is 6. The van der Waals surface area contributed by atoms with Gasteiger partial charge < -0.3 is 21.3 Å². The minimum Gasteiger partial charge on any atom is -0.365 e. The van der Waals surface area contributed by atoms with Gasteiger partial charge in [0.05, 0.1) is 6.04 Å². The van der Waals surface area contributed by atoms with E-state index in [0.717, 1.165) is 43.5 Å². The Labute approximate surface area is 108 Å². The van der Waals surface area contributed by atoms with Crippen molar-refractivity contribution in [1.82, 2.24) is 15.3 Å². The van der Waals surface area contributed by atoms with Crippen LogP contribution in [0.3, 0.4) is 0 Å². The predicted octanol–water partition coefficient (Wildman–Crippen LogP) is -0.182. The fraction of sp³-hybridized carbons (Fsp3) is 0.667. The highest BCUT2D eigenvalue weighted by Gasteiger charge is 2.17. The molecule has 1 aliphatic rings. The summed E-state index contributed by atoms with van der Waals surface area (Å²) in [4.78, 5) is 11.1. The zero-order valence-electron chi connectivity index (χ0n) is 11.1. The molecular formula is C12H22N6. The van der Waals surface area contributed by atoms with Crippen molar-refractivity contribution in [1.29, 1.82) is 0 Å². The maximum absolute atomic E-state index is 5.57. The summed E-state index contributed by atoms with van der Waals surface area (Å²) in [5.41, 5.74) is 6.62. The van der Waals surface area contributed by atoms with Gasteiger partial charge in [0.25, 0.3) is 0 Å². The number of likely N-dealkylation sites (N-methyl/N-ethyl adjacent to an activating group) is 1. The monoisotopic (exact) mass is 250 g/mol. The summed E-state index contributed by atoms with van der Waals surface area (Å²) >= 11 is 0. The van der Waals surface area contributed by atoms with Gasteiger partial charge in [0.2, 0.25) is 5.95 Å². The minimum absolute atomic E-state index is 0.484. The molecule has 0 saturated carbocycles. The molecule has 1 aliphatic heterocycles. The summed E-state index contributed by atoms with van der Waals surface area (Å²) in [5, 5.41) is 6.65. The normalized spacial score (nSPS) is 15.3. The second-order valence-corrected chi connectivity index (χ2v) is 4.61. The zero-order chi connectivity index (χ0) is 13.0. The molecule has 6 nitrogen and oxygen atoms in total. The number of nitrogens with zero attached hydrogens (tertiary/aromatic N) is 3. The molecule has 0 atom stereocenters. The summed E-state index contributed by atoms with van der Waals surface area (Å²) in [6.07, 6.45) is 0.906. The SMILES string of the molecule is CCc1cc(NC2CNC2)nc(N(C)CCN)n1. The molecule has 0 aromatic carbocycles. The van der Waals surface area contributed by atoms with E-state index in [-0.39, 0.29) is 0 Å². The fourth-order valence-corrected chi connectivity index (χ4v) is 1.80. The molecule has 0 bridgehead atoms. The Hall–Kier alpha value is -1.40. The molecule has 0 aliphatic carbocycles. The van der Waals surface area contributed by atoms with Gasteiger partial charge in [-0.2, -0.15) is 4.98 Å². The standard InChI is InChI=1S/C12H22N6/c1-3-9-6-11(15-10-7-14-8-10)17-12(16-9)18(2)5-4-13/h6,10,14H,3-5,7-8,13H2,1-2H3,(H,15,16,17). The number of nitrogens with one attached hydrogen (secondary N) is 2. The lowest BCUT2D eigenvalue weighted by Gasteiger charge is -2.29. The van der Waals surface area contributed by atoms with Crippen LogP contribution in [-0.4, -0.2) is 49.2 Å². The highest BCUT2D eigenvalue weighted by Crippen LogP contribution is 2.15. The largest absolute Gasteiger partial charge is 0.365 e. The maximum Gasteiger partial charge on any atom is 0.227 e. The van der Waals surface area contributed by atoms with Crippen molar-refractivity contribution in [3.05, 3.63) is 11.8 Å². The molecule has 18 heavy (non-hydrogen) atoms. The van der Waals surface area contributed by atoms with Gasteiger partial charge in [-0.25, -0.2) is 4.98 Å². The maximum atomic E-state index is 5.57. The third-order valence-electron chi connectivity index (χ3n) is 3.07. The summed E-state index contributed by atoms with van der Waals surface area (Å²) in [7, 11) is 1.97. The predicted molar refractivity (Wildman–Crippen MR) is 74.0 cm³/mol. The van der Waals surface area contributed by atoms with E-state index in [1.165, 1.54) is 0 Å². The smallest absolute Gasteiger partial charge is 0.227 e. The van der Waals surface area contributed by atoms with Gasteiger partial charge in [-0.05, 0) is 6.42 Å². The van der Waals surface area contributed by atoms with Crippen LogP contribution in [0, 0.1) is 0 Å². The molecular weight excluding hydrogens is 228 g/mol. The van der Waals surface area contributed by atoms with E-state index >= 15 is 0 Å². The second kappa shape index (κ2) is 5.97. The van der Waals surface area contributed by atoms with E-state index in [9.17, 15) is 0 Å². The van der Waals surface area contributed by atoms with Crippen molar-refractivity contribution < 1.29 is 0 Å². The Morgan fingerprint density at radius 2 is 2.28 bits per heavy atom. The van der Waals surface area contributed by atoms with Crippen molar-refractivity contribution in [3.8, 4) is 0 Å². The molecule has 1 fully saturated rings. The van der Waals surface area contributed by atoms with Crippen molar-refractivity contribution in [2.45, 2.75) is 19.4 Å². The van der Waals surface area contributed by atoms with Crippen LogP contribution in [0.2, 0.25) is 0 Å². The highest BCUT2D eigenvalue weighted by atomic mass is 15.3. The Balaban J connectivity index is 2.14. The van der Waals surface area contributed by atoms with E-state index < -0.39 is 0 Å². The first-order valence-corrected chi connectivity index (χ1v) is 6.49. The van der Waals surface area contributed by atoms with Gasteiger partial charge in [0.1, 0.15) is 5.82 Å². The third-order valence-corrected chi connectivity index (χ3v) is 3.07. The van der Waals surface area contributed by atoms with Gasteiger partial charge in [-0.1, -0.05) is 6.92 Å². The molecule has 1 saturated heterocycles. The van der Waals surface area contributed by atoms with Crippen LogP contribution in [0.1, 0.15) is 12.6 Å². The molecule has 0 amide bonds. The summed E-state index contributed by atoms with van der Waals surface area (Å²) in [6.45, 7) is 5.46. The quantitative estimate of drug-likeness (QED) is 0.650. The van der Waals surface area contributed by atoms with Crippen LogP contribution in [0.15, 0.2) is 6.07 Å². The Morgan fingerprint density at radius 1 is 1.50 bits per heavy atom. The molecule has 4 N–H and O–H groups in total. The van der Waals surface area contributed by atoms with Crippen LogP contribution < -0.4 is 21.3 Å². The van der Waals surface area contributed by atoms with Crippen molar-refractivity contribution in [2.75, 3.05) is 43.4 Å². The average molecular weight is 250 g/mol. The number of aromatic nitrogens is 2. The van der Waals surface area contributed by atoms with Gasteiger partial charge >= 0.3 is 0 Å². The van der Waals surface area contributed by atoms with Gasteiger partial charge in [0.15, 0.2) is 0 Å². The first kappa shape index (κ1) is 13.0. The van der Waals surface area contributed by atoms with E-state index in [1.54, 1.807) is 0 Å². The number of hydrogen-bond donors (Lipinski definition) is 3. The lowest BCUT2D eigenvalue weighted by Crippen LogP contribution is -2.51. The van der Waals surface area contributed by atoms with Crippen molar-refractivity contribution >= 4 is 11.8 Å². The molecule has 2 heterocycles. The van der Waals surface area contributed by atoms with Crippen molar-refractivity contribution in [3.63, 3.8) is 0 Å². The van der Waals surface area contributed by atoms with E-state index in [1.807, 2.05) is 18.0 Å². The Kier molecular flexibility index (Phi) is 4.33. The minimum atomic E-state index is 0.484. The molecule has 0 spiro atoms. The van der Waals surface area contributed by atoms with Crippen LogP contribution >= 0.6 is 0 Å². The third kappa shape index (κ3) is 3.08. The average Bonchev–Trinajstić information content (AvgIpc) is 2.34. The van der Waals surface area contributed by atoms with Gasteiger partial charge in [0, 0.05) is 45.0 Å². The van der Waals surface area contributed by atoms with Gasteiger partial charge in [-0.15, -0.1) is 0 Å². The molecule has 1 aromatic rings. The van der Waals surface area contributed by atoms with Gasteiger partial charge in [-0.3, -0.25) is 0 Å². The summed E-state index contributed by atoms with van der Waals surface area (Å²) in [6, 6.07) is 2.51. The number of anilines is 2. The summed E-state index contributed by atoms with van der Waals surface area (Å²) < 4.78 is 0. The topological polar surface area (TPSA) is 79.1 Å². The number of aryl methyl sites for hydroxylation is 1. The van der Waals surface area contributed by atoms with E-state index in [4.69, 9.17) is 5.73 Å². The first-order chi connectivity index (χ1) is 8.72. The molecule has 1 aromatic heterocycles.